The highest BCUT2D eigenvalue weighted by Crippen LogP contribution is 2.58. The van der Waals surface area contributed by atoms with Gasteiger partial charge in [0, 0.05) is 38.7 Å². The summed E-state index contributed by atoms with van der Waals surface area (Å²) < 4.78 is 9.24. The van der Waals surface area contributed by atoms with Crippen molar-refractivity contribution in [2.45, 2.75) is 39.0 Å². The summed E-state index contributed by atoms with van der Waals surface area (Å²) in [5.74, 6) is 3.09. The summed E-state index contributed by atoms with van der Waals surface area (Å²) in [7, 11) is 0. The minimum atomic E-state index is -0.203. The Morgan fingerprint density at radius 3 is 2.04 bits per heavy atom. The summed E-state index contributed by atoms with van der Waals surface area (Å²) >= 11 is 0. The molecular formula is C64H48N2O. The van der Waals surface area contributed by atoms with Gasteiger partial charge in [0.05, 0.1) is 33.5 Å². The van der Waals surface area contributed by atoms with Gasteiger partial charge in [0.25, 0.3) is 0 Å². The van der Waals surface area contributed by atoms with Crippen molar-refractivity contribution in [3.63, 3.8) is 0 Å². The van der Waals surface area contributed by atoms with E-state index >= 15 is 0 Å². The molecule has 0 aliphatic heterocycles. The molecule has 0 amide bonds. The predicted molar refractivity (Wildman–Crippen MR) is 282 cm³/mol. The summed E-state index contributed by atoms with van der Waals surface area (Å²) in [6, 6.07) is 67.4. The Bertz CT molecular complexity index is 3720. The Morgan fingerprint density at radius 1 is 0.627 bits per heavy atom. The normalized spacial score (nSPS) is 14.1. The first-order chi connectivity index (χ1) is 32.9. The topological polar surface area (TPSA) is 21.3 Å². The van der Waals surface area contributed by atoms with Crippen molar-refractivity contribution in [1.29, 1.82) is 0 Å². The molecule has 67 heavy (non-hydrogen) atoms. The molecule has 12 rings (SSSR count). The molecule has 0 saturated heterocycles. The third-order valence-corrected chi connectivity index (χ3v) is 14.2. The maximum absolute atomic E-state index is 6.94. The van der Waals surface area contributed by atoms with Crippen molar-refractivity contribution in [3.8, 4) is 40.3 Å². The summed E-state index contributed by atoms with van der Waals surface area (Å²) in [4.78, 5) is 2.59. The molecule has 2 aliphatic rings. The SMILES string of the molecule is C#Cc1c(/C=C(\C)c2cccc3oc4cccc(N(C5=CC=C(c6ccccc6)CC5)c5c(-c6ccccc6)ccc6c5-c5ccccc5C6(C)C)c4c23)n(-c2ccccc2)c2ccccc12. The van der Waals surface area contributed by atoms with Crippen molar-refractivity contribution in [3.05, 3.63) is 239 Å². The maximum Gasteiger partial charge on any atom is 0.137 e. The number of aromatic nitrogens is 1. The van der Waals surface area contributed by atoms with Crippen molar-refractivity contribution >= 4 is 61.4 Å². The van der Waals surface area contributed by atoms with Crippen molar-refractivity contribution in [2.24, 2.45) is 0 Å². The van der Waals surface area contributed by atoms with Gasteiger partial charge in [0.15, 0.2) is 0 Å². The summed E-state index contributed by atoms with van der Waals surface area (Å²) in [6.07, 6.45) is 15.1. The lowest BCUT2D eigenvalue weighted by Crippen LogP contribution is -2.21. The van der Waals surface area contributed by atoms with E-state index in [9.17, 15) is 0 Å². The van der Waals surface area contributed by atoms with E-state index in [1.54, 1.807) is 0 Å². The lowest BCUT2D eigenvalue weighted by atomic mass is 9.81. The van der Waals surface area contributed by atoms with Crippen LogP contribution in [0.4, 0.5) is 11.4 Å². The number of fused-ring (bicyclic) bond motifs is 7. The number of anilines is 2. The van der Waals surface area contributed by atoms with Crippen LogP contribution in [-0.2, 0) is 5.41 Å². The molecule has 0 bridgehead atoms. The molecule has 2 heterocycles. The van der Waals surface area contributed by atoms with E-state index in [-0.39, 0.29) is 5.41 Å². The Balaban J connectivity index is 1.16. The molecule has 0 saturated carbocycles. The van der Waals surface area contributed by atoms with E-state index in [2.05, 4.69) is 242 Å². The monoisotopic (exact) mass is 860 g/mol. The second-order valence-corrected chi connectivity index (χ2v) is 18.3. The number of benzene rings is 8. The van der Waals surface area contributed by atoms with Gasteiger partial charge < -0.3 is 13.9 Å². The van der Waals surface area contributed by atoms with Gasteiger partial charge in [-0.3, -0.25) is 0 Å². The fourth-order valence-corrected chi connectivity index (χ4v) is 11.0. The maximum atomic E-state index is 6.94. The summed E-state index contributed by atoms with van der Waals surface area (Å²) in [5, 5.41) is 3.20. The van der Waals surface area contributed by atoms with Gasteiger partial charge in [0.1, 0.15) is 11.2 Å². The van der Waals surface area contributed by atoms with Crippen LogP contribution < -0.4 is 4.90 Å². The lowest BCUT2D eigenvalue weighted by Gasteiger charge is -2.34. The molecule has 3 heteroatoms. The number of terminal acetylenes is 1. The van der Waals surface area contributed by atoms with Gasteiger partial charge in [-0.2, -0.15) is 0 Å². The number of hydrogen-bond acceptors (Lipinski definition) is 2. The van der Waals surface area contributed by atoms with Crippen molar-refractivity contribution in [2.75, 3.05) is 4.90 Å². The van der Waals surface area contributed by atoms with Crippen LogP contribution in [0.5, 0.6) is 0 Å². The average molecular weight is 861 g/mol. The molecule has 0 atom stereocenters. The van der Waals surface area contributed by atoms with E-state index in [0.717, 1.165) is 79.5 Å². The highest BCUT2D eigenvalue weighted by molar-refractivity contribution is 6.18. The third kappa shape index (κ3) is 6.44. The molecule has 0 N–H and O–H groups in total. The number of para-hydroxylation sites is 2. The van der Waals surface area contributed by atoms with E-state index < -0.39 is 0 Å². The van der Waals surface area contributed by atoms with Crippen molar-refractivity contribution < 1.29 is 4.42 Å². The van der Waals surface area contributed by atoms with Gasteiger partial charge in [-0.05, 0) is 113 Å². The van der Waals surface area contributed by atoms with E-state index in [1.165, 1.54) is 55.9 Å². The highest BCUT2D eigenvalue weighted by Gasteiger charge is 2.40. The van der Waals surface area contributed by atoms with Crippen molar-refractivity contribution in [1.82, 2.24) is 4.57 Å². The zero-order valence-electron chi connectivity index (χ0n) is 37.9. The quantitative estimate of drug-likeness (QED) is 0.142. The average Bonchev–Trinajstić information content (AvgIpc) is 4.00. The van der Waals surface area contributed by atoms with Crippen LogP contribution in [0.1, 0.15) is 67.1 Å². The van der Waals surface area contributed by atoms with Gasteiger partial charge in [-0.1, -0.05) is 178 Å². The number of hydrogen-bond donors (Lipinski definition) is 0. The fourth-order valence-electron chi connectivity index (χ4n) is 11.0. The molecule has 2 aromatic heterocycles. The van der Waals surface area contributed by atoms with E-state index in [0.29, 0.717) is 0 Å². The zero-order valence-corrected chi connectivity index (χ0v) is 37.9. The van der Waals surface area contributed by atoms with Crippen LogP contribution in [0.2, 0.25) is 0 Å². The highest BCUT2D eigenvalue weighted by atomic mass is 16.3. The van der Waals surface area contributed by atoms with Gasteiger partial charge in [0.2, 0.25) is 0 Å². The second-order valence-electron chi connectivity index (χ2n) is 18.3. The summed E-state index contributed by atoms with van der Waals surface area (Å²) in [6.45, 7) is 6.95. The third-order valence-electron chi connectivity index (χ3n) is 14.2. The largest absolute Gasteiger partial charge is 0.456 e. The molecule has 10 aromatic rings. The molecule has 0 spiro atoms. The summed E-state index contributed by atoms with van der Waals surface area (Å²) in [5.41, 5.74) is 21.3. The Kier molecular flexibility index (Phi) is 9.59. The van der Waals surface area contributed by atoms with E-state index in [1.807, 2.05) is 0 Å². The van der Waals surface area contributed by atoms with Crippen LogP contribution in [-0.4, -0.2) is 4.57 Å². The molecule has 0 fully saturated rings. The molecule has 0 unspecified atom stereocenters. The Labute approximate surface area is 392 Å². The van der Waals surface area contributed by atoms with Crippen LogP contribution in [0.25, 0.3) is 78.0 Å². The Morgan fingerprint density at radius 2 is 1.30 bits per heavy atom. The predicted octanol–water partition coefficient (Wildman–Crippen LogP) is 16.9. The van der Waals surface area contributed by atoms with Gasteiger partial charge in [-0.15, -0.1) is 6.42 Å². The number of nitrogens with zero attached hydrogens (tertiary/aromatic N) is 2. The zero-order chi connectivity index (χ0) is 45.2. The first-order valence-corrected chi connectivity index (χ1v) is 23.3. The standard InChI is InChI=1S/C64H48N2O/c1-5-48-51-27-16-18-31-55(51)65(46-25-13-8-14-26-46)57(48)41-42(2)49-29-19-33-58-61(49)62-56(32-20-34-59(62)67-58)66(47-37-35-44(36-38-47)43-21-9-6-10-22-43)63-50(45-23-11-7-12-24-45)39-40-54-60(63)52-28-15-17-30-53(52)64(54,3)4/h1,6-35,37,39-41H,36,38H2,2-4H3/b42-41+. The minimum absolute atomic E-state index is 0.203. The first kappa shape index (κ1) is 40.2. The van der Waals surface area contributed by atoms with Crippen LogP contribution in [0.15, 0.2) is 210 Å². The van der Waals surface area contributed by atoms with Crippen LogP contribution >= 0.6 is 0 Å². The first-order valence-electron chi connectivity index (χ1n) is 23.3. The number of allylic oxidation sites excluding steroid dienone is 5. The van der Waals surface area contributed by atoms with Gasteiger partial charge >= 0.3 is 0 Å². The van der Waals surface area contributed by atoms with Gasteiger partial charge in [-0.25, -0.2) is 0 Å². The smallest absolute Gasteiger partial charge is 0.137 e. The second kappa shape index (κ2) is 16.0. The number of rotatable bonds is 8. The molecule has 3 nitrogen and oxygen atoms in total. The number of furan rings is 1. The molecular weight excluding hydrogens is 813 g/mol. The van der Waals surface area contributed by atoms with Crippen LogP contribution in [0, 0.1) is 12.3 Å². The van der Waals surface area contributed by atoms with E-state index in [4.69, 9.17) is 10.8 Å². The fraction of sp³-hybridized carbons (Fsp3) is 0.0938. The lowest BCUT2D eigenvalue weighted by molar-refractivity contribution is 0.660. The molecule has 2 aliphatic carbocycles. The molecule has 8 aromatic carbocycles. The molecule has 0 radical (unpaired) electrons. The van der Waals surface area contributed by atoms with Crippen LogP contribution in [0.3, 0.4) is 0 Å². The Hall–Kier alpha value is -8.32. The minimum Gasteiger partial charge on any atom is -0.456 e. The molecule has 320 valence electrons.